The Bertz CT molecular complexity index is 1440. The van der Waals surface area contributed by atoms with Gasteiger partial charge in [-0.05, 0) is 59.3 Å². The molecule has 0 amide bonds. The van der Waals surface area contributed by atoms with Gasteiger partial charge in [0.2, 0.25) is 0 Å². The van der Waals surface area contributed by atoms with Gasteiger partial charge >= 0.3 is 0 Å². The number of carbonyl (C=O) groups excluding carboxylic acids is 1. The Hall–Kier alpha value is -4.44. The minimum absolute atomic E-state index is 0.0417. The third kappa shape index (κ3) is 4.19. The van der Waals surface area contributed by atoms with Crippen LogP contribution < -0.4 is 4.74 Å². The fourth-order valence-corrected chi connectivity index (χ4v) is 3.89. The lowest BCUT2D eigenvalue weighted by Gasteiger charge is -2.03. The highest BCUT2D eigenvalue weighted by molar-refractivity contribution is 6.14. The average Bonchev–Trinajstić information content (AvgIpc) is 3.32. The fraction of sp³-hybridized carbons (Fsp3) is 0.0345. The molecule has 160 valence electrons. The Morgan fingerprint density at radius 2 is 1.58 bits per heavy atom. The molecule has 4 aromatic carbocycles. The first-order chi connectivity index (χ1) is 16.2. The molecule has 4 heteroatoms. The number of hydrogen-bond acceptors (Lipinski definition) is 3. The summed E-state index contributed by atoms with van der Waals surface area (Å²) in [4.78, 5) is 13.1. The van der Waals surface area contributed by atoms with Gasteiger partial charge in [0.05, 0.1) is 18.5 Å². The maximum absolute atomic E-state index is 13.1. The van der Waals surface area contributed by atoms with Crippen molar-refractivity contribution >= 4 is 22.6 Å². The van der Waals surface area contributed by atoms with Crippen LogP contribution in [0.25, 0.3) is 33.8 Å². The number of allylic oxidation sites excluding steroid dienone is 1. The first kappa shape index (κ1) is 20.5. The number of fused-ring (bicyclic) bond motifs is 1. The van der Waals surface area contributed by atoms with Crippen LogP contribution in [0.15, 0.2) is 109 Å². The summed E-state index contributed by atoms with van der Waals surface area (Å²) in [5.41, 5.74) is 4.24. The molecule has 1 heterocycles. The predicted molar refractivity (Wildman–Crippen MR) is 133 cm³/mol. The number of aromatic nitrogens is 2. The highest BCUT2D eigenvalue weighted by Gasteiger charge is 2.12. The summed E-state index contributed by atoms with van der Waals surface area (Å²) in [5, 5.41) is 6.82. The number of methoxy groups -OCH3 is 1. The van der Waals surface area contributed by atoms with Gasteiger partial charge in [-0.2, -0.15) is 5.10 Å². The molecule has 5 rings (SSSR count). The molecule has 0 unspecified atom stereocenters. The van der Waals surface area contributed by atoms with Gasteiger partial charge in [-0.3, -0.25) is 4.79 Å². The molecule has 0 saturated carbocycles. The van der Waals surface area contributed by atoms with Crippen LogP contribution in [-0.2, 0) is 0 Å². The number of ketones is 1. The van der Waals surface area contributed by atoms with Gasteiger partial charge in [0, 0.05) is 22.9 Å². The van der Waals surface area contributed by atoms with Gasteiger partial charge in [-0.1, -0.05) is 60.7 Å². The topological polar surface area (TPSA) is 44.1 Å². The number of benzene rings is 4. The number of para-hydroxylation sites is 1. The summed E-state index contributed by atoms with van der Waals surface area (Å²) < 4.78 is 7.12. The third-order valence-electron chi connectivity index (χ3n) is 5.60. The summed E-state index contributed by atoms with van der Waals surface area (Å²) in [6.07, 6.45) is 5.42. The van der Waals surface area contributed by atoms with E-state index >= 15 is 0 Å². The Morgan fingerprint density at radius 1 is 0.848 bits per heavy atom. The summed E-state index contributed by atoms with van der Waals surface area (Å²) >= 11 is 0. The first-order valence-electron chi connectivity index (χ1n) is 10.7. The number of hydrogen-bond donors (Lipinski definition) is 0. The van der Waals surface area contributed by atoms with E-state index in [0.717, 1.165) is 39.0 Å². The SMILES string of the molecule is COc1ccc(-c2nn(-c3ccccc3)cc2/C=C/C(=O)c2cccc3ccccc23)cc1. The highest BCUT2D eigenvalue weighted by Crippen LogP contribution is 2.27. The van der Waals surface area contributed by atoms with Crippen LogP contribution in [0.2, 0.25) is 0 Å². The van der Waals surface area contributed by atoms with Crippen LogP contribution in [0.3, 0.4) is 0 Å². The molecule has 0 N–H and O–H groups in total. The van der Waals surface area contributed by atoms with E-state index in [1.807, 2.05) is 114 Å². The lowest BCUT2D eigenvalue weighted by Crippen LogP contribution is -1.95. The van der Waals surface area contributed by atoms with Crippen LogP contribution in [-0.4, -0.2) is 22.7 Å². The molecule has 33 heavy (non-hydrogen) atoms. The maximum atomic E-state index is 13.1. The molecule has 5 aromatic rings. The second-order valence-electron chi connectivity index (χ2n) is 7.67. The van der Waals surface area contributed by atoms with E-state index in [2.05, 4.69) is 0 Å². The van der Waals surface area contributed by atoms with Crippen molar-refractivity contribution in [2.75, 3.05) is 7.11 Å². The van der Waals surface area contributed by atoms with E-state index in [4.69, 9.17) is 9.84 Å². The number of nitrogens with zero attached hydrogens (tertiary/aromatic N) is 2. The first-order valence-corrected chi connectivity index (χ1v) is 10.7. The van der Waals surface area contributed by atoms with Crippen LogP contribution in [0.4, 0.5) is 0 Å². The smallest absolute Gasteiger partial charge is 0.186 e. The van der Waals surface area contributed by atoms with Gasteiger partial charge < -0.3 is 4.74 Å². The predicted octanol–water partition coefficient (Wildman–Crippen LogP) is 6.60. The van der Waals surface area contributed by atoms with Gasteiger partial charge in [0.1, 0.15) is 5.75 Å². The molecule has 1 aromatic heterocycles. The standard InChI is InChI=1S/C29H22N2O2/c1-33-25-17-14-22(15-18-25)29-23(20-31(30-29)24-10-3-2-4-11-24)16-19-28(32)27-13-7-9-21-8-5-6-12-26(21)27/h2-20H,1H3/b19-16+. The summed E-state index contributed by atoms with van der Waals surface area (Å²) in [6.45, 7) is 0. The van der Waals surface area contributed by atoms with Crippen molar-refractivity contribution in [1.82, 2.24) is 9.78 Å². The Kier molecular flexibility index (Phi) is 5.56. The molecule has 0 radical (unpaired) electrons. The maximum Gasteiger partial charge on any atom is 0.186 e. The molecule has 4 nitrogen and oxygen atoms in total. The Labute approximate surface area is 192 Å². The van der Waals surface area contributed by atoms with Crippen LogP contribution >= 0.6 is 0 Å². The van der Waals surface area contributed by atoms with Crippen molar-refractivity contribution in [3.05, 3.63) is 120 Å². The van der Waals surface area contributed by atoms with Gasteiger partial charge in [-0.15, -0.1) is 0 Å². The Morgan fingerprint density at radius 3 is 2.36 bits per heavy atom. The second kappa shape index (κ2) is 8.97. The van der Waals surface area contributed by atoms with E-state index in [1.54, 1.807) is 13.2 Å². The van der Waals surface area contributed by atoms with E-state index in [0.29, 0.717) is 5.56 Å². The van der Waals surface area contributed by atoms with Gasteiger partial charge in [0.15, 0.2) is 5.78 Å². The summed E-state index contributed by atoms with van der Waals surface area (Å²) in [6, 6.07) is 31.4. The summed E-state index contributed by atoms with van der Waals surface area (Å²) in [7, 11) is 1.65. The van der Waals surface area contributed by atoms with Crippen LogP contribution in [0, 0.1) is 0 Å². The lowest BCUT2D eigenvalue weighted by molar-refractivity contribution is 0.104. The van der Waals surface area contributed by atoms with Crippen molar-refractivity contribution in [3.63, 3.8) is 0 Å². The molecule has 0 aliphatic heterocycles. The van der Waals surface area contributed by atoms with Gasteiger partial charge in [0.25, 0.3) is 0 Å². The molecule has 0 fully saturated rings. The molecule has 0 saturated heterocycles. The fourth-order valence-electron chi connectivity index (χ4n) is 3.89. The van der Waals surface area contributed by atoms with Crippen molar-refractivity contribution in [2.45, 2.75) is 0 Å². The minimum Gasteiger partial charge on any atom is -0.497 e. The Balaban J connectivity index is 1.55. The lowest BCUT2D eigenvalue weighted by atomic mass is 10.0. The van der Waals surface area contributed by atoms with Gasteiger partial charge in [-0.25, -0.2) is 4.68 Å². The molecule has 0 aliphatic carbocycles. The van der Waals surface area contributed by atoms with Crippen molar-refractivity contribution in [1.29, 1.82) is 0 Å². The molecular formula is C29H22N2O2. The number of carbonyl (C=O) groups is 1. The zero-order valence-corrected chi connectivity index (χ0v) is 18.2. The normalized spacial score (nSPS) is 11.2. The van der Waals surface area contributed by atoms with Crippen molar-refractivity contribution in [2.24, 2.45) is 0 Å². The summed E-state index contributed by atoms with van der Waals surface area (Å²) in [5.74, 6) is 0.740. The monoisotopic (exact) mass is 430 g/mol. The van der Waals surface area contributed by atoms with E-state index in [1.165, 1.54) is 0 Å². The van der Waals surface area contributed by atoms with E-state index in [9.17, 15) is 4.79 Å². The third-order valence-corrected chi connectivity index (χ3v) is 5.60. The van der Waals surface area contributed by atoms with Crippen molar-refractivity contribution in [3.8, 4) is 22.7 Å². The van der Waals surface area contributed by atoms with Crippen molar-refractivity contribution < 1.29 is 9.53 Å². The molecular weight excluding hydrogens is 408 g/mol. The largest absolute Gasteiger partial charge is 0.497 e. The molecule has 0 bridgehead atoms. The second-order valence-corrected chi connectivity index (χ2v) is 7.67. The van der Waals surface area contributed by atoms with E-state index in [-0.39, 0.29) is 5.78 Å². The number of ether oxygens (including phenoxy) is 1. The quantitative estimate of drug-likeness (QED) is 0.225. The van der Waals surface area contributed by atoms with E-state index < -0.39 is 0 Å². The zero-order chi connectivity index (χ0) is 22.6. The van der Waals surface area contributed by atoms with Crippen LogP contribution in [0.1, 0.15) is 15.9 Å². The molecule has 0 aliphatic rings. The number of rotatable bonds is 6. The highest BCUT2D eigenvalue weighted by atomic mass is 16.5. The molecule has 0 spiro atoms. The zero-order valence-electron chi connectivity index (χ0n) is 18.2. The molecule has 0 atom stereocenters. The average molecular weight is 431 g/mol. The minimum atomic E-state index is -0.0417. The van der Waals surface area contributed by atoms with Crippen LogP contribution in [0.5, 0.6) is 5.75 Å².